The highest BCUT2D eigenvalue weighted by Crippen LogP contribution is 2.40. The zero-order chi connectivity index (χ0) is 28.6. The zero-order valence-electron chi connectivity index (χ0n) is 21.0. The molecule has 0 radical (unpaired) electrons. The molecule has 1 aliphatic rings. The van der Waals surface area contributed by atoms with Gasteiger partial charge in [-0.05, 0) is 73.8 Å². The van der Waals surface area contributed by atoms with Gasteiger partial charge < -0.3 is 10.6 Å². The maximum Gasteiger partial charge on any atom is 0.416 e. The molecule has 0 spiro atoms. The third-order valence-corrected chi connectivity index (χ3v) is 7.05. The fourth-order valence-electron chi connectivity index (χ4n) is 4.95. The van der Waals surface area contributed by atoms with E-state index in [4.69, 9.17) is 5.73 Å². The molecule has 1 fully saturated rings. The average Bonchev–Trinajstić information content (AvgIpc) is 2.81. The number of hydrogen-bond donors (Lipinski definition) is 1. The second kappa shape index (κ2) is 10.9. The number of piperidine rings is 1. The van der Waals surface area contributed by atoms with Gasteiger partial charge in [-0.1, -0.05) is 6.07 Å². The predicted molar refractivity (Wildman–Crippen MR) is 125 cm³/mol. The van der Waals surface area contributed by atoms with E-state index < -0.39 is 59.0 Å². The lowest BCUT2D eigenvalue weighted by atomic mass is 9.78. The van der Waals surface area contributed by atoms with Crippen molar-refractivity contribution in [1.29, 1.82) is 0 Å². The molecule has 0 aliphatic carbocycles. The molecule has 3 rings (SSSR count). The van der Waals surface area contributed by atoms with E-state index in [-0.39, 0.29) is 31.1 Å². The first-order valence-electron chi connectivity index (χ1n) is 11.8. The summed E-state index contributed by atoms with van der Waals surface area (Å²) >= 11 is 0. The van der Waals surface area contributed by atoms with E-state index >= 15 is 0 Å². The maximum absolute atomic E-state index is 13.8. The molecule has 2 aromatic carbocycles. The van der Waals surface area contributed by atoms with E-state index in [9.17, 15) is 40.3 Å². The summed E-state index contributed by atoms with van der Waals surface area (Å²) in [6.07, 6.45) is -9.78. The number of likely N-dealkylation sites (tertiary alicyclic amines) is 1. The number of benzene rings is 2. The van der Waals surface area contributed by atoms with Crippen molar-refractivity contribution >= 4 is 11.8 Å². The van der Waals surface area contributed by atoms with Crippen LogP contribution in [-0.2, 0) is 21.9 Å². The molecule has 2 aromatic rings. The summed E-state index contributed by atoms with van der Waals surface area (Å²) in [4.78, 5) is 28.0. The lowest BCUT2D eigenvalue weighted by molar-refractivity contribution is -0.143. The number of carbonyl (C=O) groups excluding carboxylic acids is 2. The molecule has 38 heavy (non-hydrogen) atoms. The second-order valence-corrected chi connectivity index (χ2v) is 9.67. The van der Waals surface area contributed by atoms with Gasteiger partial charge in [-0.3, -0.25) is 14.5 Å². The van der Waals surface area contributed by atoms with E-state index in [0.29, 0.717) is 29.8 Å². The molecule has 0 aromatic heterocycles. The van der Waals surface area contributed by atoms with Gasteiger partial charge in [0, 0.05) is 25.4 Å². The molecule has 12 heteroatoms. The van der Waals surface area contributed by atoms with Crippen LogP contribution in [0.2, 0.25) is 0 Å². The van der Waals surface area contributed by atoms with Crippen molar-refractivity contribution in [2.75, 3.05) is 26.7 Å². The summed E-state index contributed by atoms with van der Waals surface area (Å²) in [6, 6.07) is 4.23. The van der Waals surface area contributed by atoms with Gasteiger partial charge in [0.25, 0.3) is 0 Å². The molecular formula is C26H28F7N3O2. The third kappa shape index (κ3) is 6.64. The first kappa shape index (κ1) is 29.4. The van der Waals surface area contributed by atoms with Crippen molar-refractivity contribution < 1.29 is 40.3 Å². The number of carbonyl (C=O) groups is 2. The quantitative estimate of drug-likeness (QED) is 0.501. The lowest BCUT2D eigenvalue weighted by Gasteiger charge is -2.40. The number of alkyl halides is 6. The molecule has 0 bridgehead atoms. The van der Waals surface area contributed by atoms with E-state index in [1.165, 1.54) is 32.2 Å². The Bertz CT molecular complexity index is 1160. The monoisotopic (exact) mass is 547 g/mol. The van der Waals surface area contributed by atoms with Crippen molar-refractivity contribution in [2.24, 2.45) is 11.7 Å². The van der Waals surface area contributed by atoms with Gasteiger partial charge in [0.15, 0.2) is 0 Å². The minimum atomic E-state index is -5.02. The van der Waals surface area contributed by atoms with Crippen LogP contribution in [0, 0.1) is 18.7 Å². The topological polar surface area (TPSA) is 66.6 Å². The highest BCUT2D eigenvalue weighted by atomic mass is 19.4. The highest BCUT2D eigenvalue weighted by Gasteiger charge is 2.40. The first-order chi connectivity index (χ1) is 17.5. The number of nitrogens with two attached hydrogens (primary N) is 1. The average molecular weight is 548 g/mol. The standard InChI is InChI=1S/C26H28F7N3O2/c1-14-8-19(27)4-5-20(14)22-12-36(13-23(34)37)7-6-21(22)24(38)35(3)15(2)16-9-17(25(28,29)30)11-18(10-16)26(31,32)33/h4-5,8-11,15,21-22H,6-7,12-13H2,1-3H3,(H2,34,37)/t15-,21-,22?/m0/s1. The van der Waals surface area contributed by atoms with Gasteiger partial charge >= 0.3 is 12.4 Å². The minimum Gasteiger partial charge on any atom is -0.369 e. The summed E-state index contributed by atoms with van der Waals surface area (Å²) in [5.41, 5.74) is 3.30. The molecule has 0 saturated carbocycles. The number of aryl methyl sites for hydroxylation is 1. The third-order valence-electron chi connectivity index (χ3n) is 7.05. The van der Waals surface area contributed by atoms with E-state index in [1.807, 2.05) is 0 Å². The Balaban J connectivity index is 1.97. The molecule has 5 nitrogen and oxygen atoms in total. The summed E-state index contributed by atoms with van der Waals surface area (Å²) in [5, 5.41) is 0. The first-order valence-corrected chi connectivity index (χ1v) is 11.8. The van der Waals surface area contributed by atoms with Crippen LogP contribution in [0.25, 0.3) is 0 Å². The van der Waals surface area contributed by atoms with Crippen LogP contribution >= 0.6 is 0 Å². The summed E-state index contributed by atoms with van der Waals surface area (Å²) in [7, 11) is 1.32. The van der Waals surface area contributed by atoms with Crippen molar-refractivity contribution in [3.63, 3.8) is 0 Å². The molecule has 1 unspecified atom stereocenters. The van der Waals surface area contributed by atoms with Crippen LogP contribution in [-0.4, -0.2) is 48.3 Å². The van der Waals surface area contributed by atoms with Crippen LogP contribution in [0.5, 0.6) is 0 Å². The molecule has 1 heterocycles. The molecule has 2 N–H and O–H groups in total. The molecule has 3 atom stereocenters. The van der Waals surface area contributed by atoms with Gasteiger partial charge in [0.1, 0.15) is 5.82 Å². The molecule has 2 amide bonds. The van der Waals surface area contributed by atoms with Crippen molar-refractivity contribution in [3.05, 3.63) is 70.0 Å². The Hall–Kier alpha value is -3.15. The minimum absolute atomic E-state index is 0.0415. The number of nitrogens with zero attached hydrogens (tertiary/aromatic N) is 2. The Morgan fingerprint density at radius 1 is 1.05 bits per heavy atom. The Morgan fingerprint density at radius 2 is 1.63 bits per heavy atom. The fraction of sp³-hybridized carbons (Fsp3) is 0.462. The molecule has 1 aliphatic heterocycles. The molecule has 1 saturated heterocycles. The lowest BCUT2D eigenvalue weighted by Crippen LogP contribution is -2.48. The summed E-state index contributed by atoms with van der Waals surface area (Å²) < 4.78 is 94.0. The Morgan fingerprint density at radius 3 is 2.13 bits per heavy atom. The summed E-state index contributed by atoms with van der Waals surface area (Å²) in [6.45, 7) is 3.51. The number of halogens is 7. The fourth-order valence-corrected chi connectivity index (χ4v) is 4.95. The SMILES string of the molecule is Cc1cc(F)ccc1C1CN(CC(N)=O)CC[C@@H]1C(=O)N(C)[C@@H](C)c1cc(C(F)(F)F)cc(C(F)(F)F)c1. The number of rotatable bonds is 6. The highest BCUT2D eigenvalue weighted by molar-refractivity contribution is 5.81. The van der Waals surface area contributed by atoms with Crippen LogP contribution in [0.3, 0.4) is 0 Å². The van der Waals surface area contributed by atoms with Crippen molar-refractivity contribution in [1.82, 2.24) is 9.80 Å². The molecular weight excluding hydrogens is 519 g/mol. The summed E-state index contributed by atoms with van der Waals surface area (Å²) in [5.74, 6) is -2.77. The Kier molecular flexibility index (Phi) is 8.45. The van der Waals surface area contributed by atoms with Crippen LogP contribution < -0.4 is 5.73 Å². The maximum atomic E-state index is 13.8. The van der Waals surface area contributed by atoms with Crippen LogP contribution in [0.4, 0.5) is 30.7 Å². The normalized spacial score (nSPS) is 19.7. The number of primary amides is 1. The van der Waals surface area contributed by atoms with Gasteiger partial charge in [-0.25, -0.2) is 4.39 Å². The van der Waals surface area contributed by atoms with Crippen molar-refractivity contribution in [2.45, 2.75) is 44.6 Å². The number of hydrogen-bond acceptors (Lipinski definition) is 3. The molecule has 208 valence electrons. The predicted octanol–water partition coefficient (Wildman–Crippen LogP) is 5.28. The van der Waals surface area contributed by atoms with E-state index in [1.54, 1.807) is 11.8 Å². The largest absolute Gasteiger partial charge is 0.416 e. The van der Waals surface area contributed by atoms with Crippen LogP contribution in [0.15, 0.2) is 36.4 Å². The van der Waals surface area contributed by atoms with E-state index in [2.05, 4.69) is 0 Å². The Labute approximate surface area is 215 Å². The zero-order valence-corrected chi connectivity index (χ0v) is 21.0. The number of amides is 2. The second-order valence-electron chi connectivity index (χ2n) is 9.67. The smallest absolute Gasteiger partial charge is 0.369 e. The van der Waals surface area contributed by atoms with E-state index in [0.717, 1.165) is 4.90 Å². The van der Waals surface area contributed by atoms with Gasteiger partial charge in [0.05, 0.1) is 23.7 Å². The van der Waals surface area contributed by atoms with Crippen molar-refractivity contribution in [3.8, 4) is 0 Å². The van der Waals surface area contributed by atoms with Gasteiger partial charge in [-0.15, -0.1) is 0 Å². The van der Waals surface area contributed by atoms with Gasteiger partial charge in [0.2, 0.25) is 11.8 Å². The van der Waals surface area contributed by atoms with Crippen LogP contribution in [0.1, 0.15) is 53.1 Å². The van der Waals surface area contributed by atoms with Gasteiger partial charge in [-0.2, -0.15) is 26.3 Å².